The SMILES string of the molecule is [Br-].[Br-].[Cl-].[Li+].[Li+].[Zn+2]. The van der Waals surface area contributed by atoms with Gasteiger partial charge in [0.1, 0.15) is 0 Å². The fourth-order valence-electron chi connectivity index (χ4n) is 0. The molecule has 0 radical (unpaired) electrons. The van der Waals surface area contributed by atoms with E-state index in [-0.39, 0.29) is 104 Å². The molecule has 0 nitrogen and oxygen atoms in total. The van der Waals surface area contributed by atoms with Gasteiger partial charge in [-0.15, -0.1) is 0 Å². The summed E-state index contributed by atoms with van der Waals surface area (Å²) >= 11 is 0. The van der Waals surface area contributed by atoms with Gasteiger partial charge in [-0.2, -0.15) is 0 Å². The monoisotopic (exact) mass is 271 g/mol. The van der Waals surface area contributed by atoms with Gasteiger partial charge in [-0.05, 0) is 0 Å². The predicted molar refractivity (Wildman–Crippen MR) is 0 cm³/mol. The average molecular weight is 275 g/mol. The van der Waals surface area contributed by atoms with Crippen LogP contribution in [0.3, 0.4) is 0 Å². The van der Waals surface area contributed by atoms with E-state index >= 15 is 0 Å². The minimum absolute atomic E-state index is 0. The Morgan fingerprint density at radius 2 is 0.667 bits per heavy atom. The van der Waals surface area contributed by atoms with Crippen molar-refractivity contribution >= 4 is 0 Å². The molecule has 6 heavy (non-hydrogen) atoms. The zero-order valence-corrected chi connectivity index (χ0v) is 10.7. The van der Waals surface area contributed by atoms with Crippen molar-refractivity contribution in [3.63, 3.8) is 0 Å². The molecule has 0 aliphatic heterocycles. The van der Waals surface area contributed by atoms with Gasteiger partial charge in [0.25, 0.3) is 0 Å². The zero-order valence-electron chi connectivity index (χ0n) is 3.84. The van der Waals surface area contributed by atoms with Crippen LogP contribution in [0, 0.1) is 0 Å². The molecule has 0 amide bonds. The van der Waals surface area contributed by atoms with Gasteiger partial charge >= 0.3 is 57.2 Å². The minimum Gasteiger partial charge on any atom is -1.00 e. The van der Waals surface area contributed by atoms with Gasteiger partial charge in [-0.1, -0.05) is 0 Å². The molecule has 0 saturated carbocycles. The summed E-state index contributed by atoms with van der Waals surface area (Å²) in [6, 6.07) is 0. The molecule has 0 aliphatic carbocycles. The molecule has 0 aromatic carbocycles. The fraction of sp³-hybridized carbons (Fsp3) is 0. The molecule has 0 spiro atoms. The molecule has 0 atom stereocenters. The van der Waals surface area contributed by atoms with Crippen LogP contribution in [0.2, 0.25) is 0 Å². The maximum atomic E-state index is 0. The molecule has 0 aromatic rings. The molecule has 0 bridgehead atoms. The molecule has 0 aromatic heterocycles. The molecule has 0 saturated heterocycles. The van der Waals surface area contributed by atoms with E-state index in [1.54, 1.807) is 0 Å². The summed E-state index contributed by atoms with van der Waals surface area (Å²) in [5, 5.41) is 0. The van der Waals surface area contributed by atoms with Gasteiger partial charge in [0, 0.05) is 0 Å². The summed E-state index contributed by atoms with van der Waals surface area (Å²) in [7, 11) is 0. The Morgan fingerprint density at radius 1 is 0.667 bits per heavy atom. The van der Waals surface area contributed by atoms with Crippen molar-refractivity contribution in [1.82, 2.24) is 0 Å². The van der Waals surface area contributed by atoms with Crippen LogP contribution < -0.4 is 84.1 Å². The van der Waals surface area contributed by atoms with Gasteiger partial charge in [-0.3, -0.25) is 0 Å². The first kappa shape index (κ1) is 62.7. The second kappa shape index (κ2) is 42.8. The number of hydrogen-bond donors (Lipinski definition) is 0. The van der Waals surface area contributed by atoms with Crippen LogP contribution in [-0.2, 0) is 19.5 Å². The van der Waals surface area contributed by atoms with Crippen molar-refractivity contribution in [3.05, 3.63) is 0 Å². The average Bonchev–Trinajstić information content (AvgIpc) is 0. The summed E-state index contributed by atoms with van der Waals surface area (Å²) in [6.45, 7) is 0. The van der Waals surface area contributed by atoms with Gasteiger partial charge in [-0.25, -0.2) is 0 Å². The Hall–Kier alpha value is 3.07. The van der Waals surface area contributed by atoms with E-state index in [2.05, 4.69) is 0 Å². The molecule has 0 unspecified atom stereocenters. The summed E-state index contributed by atoms with van der Waals surface area (Å²) in [4.78, 5) is 0. The van der Waals surface area contributed by atoms with E-state index in [1.165, 1.54) is 0 Å². The summed E-state index contributed by atoms with van der Waals surface area (Å²) in [5.41, 5.74) is 0. The Morgan fingerprint density at radius 3 is 0.667 bits per heavy atom. The van der Waals surface area contributed by atoms with Gasteiger partial charge in [0.2, 0.25) is 0 Å². The largest absolute Gasteiger partial charge is 2.00 e. The van der Waals surface area contributed by atoms with E-state index in [0.717, 1.165) is 0 Å². The fourth-order valence-corrected chi connectivity index (χ4v) is 0. The van der Waals surface area contributed by atoms with Gasteiger partial charge in [0.15, 0.2) is 0 Å². The van der Waals surface area contributed by atoms with E-state index in [1.807, 2.05) is 0 Å². The van der Waals surface area contributed by atoms with Crippen molar-refractivity contribution in [3.8, 4) is 0 Å². The van der Waals surface area contributed by atoms with E-state index in [4.69, 9.17) is 0 Å². The van der Waals surface area contributed by atoms with Crippen molar-refractivity contribution < 1.29 is 104 Å². The van der Waals surface area contributed by atoms with Crippen molar-refractivity contribution in [2.24, 2.45) is 0 Å². The van der Waals surface area contributed by atoms with Crippen molar-refractivity contribution in [2.45, 2.75) is 0 Å². The smallest absolute Gasteiger partial charge is 1.00 e. The molecular weight excluding hydrogens is 275 g/mol. The van der Waals surface area contributed by atoms with Crippen molar-refractivity contribution in [2.75, 3.05) is 0 Å². The molecule has 0 N–H and O–H groups in total. The van der Waals surface area contributed by atoms with Crippen LogP contribution in [-0.4, -0.2) is 0 Å². The topological polar surface area (TPSA) is 0 Å². The molecule has 0 rings (SSSR count). The first-order valence-corrected chi connectivity index (χ1v) is 0. The summed E-state index contributed by atoms with van der Waals surface area (Å²) < 4.78 is 0. The maximum Gasteiger partial charge on any atom is 2.00 e. The van der Waals surface area contributed by atoms with Crippen LogP contribution in [0.1, 0.15) is 0 Å². The third-order valence-electron chi connectivity index (χ3n) is 0. The Balaban J connectivity index is 0. The number of hydrogen-bond acceptors (Lipinski definition) is 0. The van der Waals surface area contributed by atoms with Crippen LogP contribution in [0.25, 0.3) is 0 Å². The molecule has 24 valence electrons. The Labute approximate surface area is 102 Å². The van der Waals surface area contributed by atoms with Crippen molar-refractivity contribution in [1.29, 1.82) is 0 Å². The number of halogens is 3. The zero-order chi connectivity index (χ0) is 0. The Bertz CT molecular complexity index is 11.5. The summed E-state index contributed by atoms with van der Waals surface area (Å²) in [6.07, 6.45) is 0. The molecule has 6 heteroatoms. The standard InChI is InChI=1S/2BrH.ClH.2Li.Zn/h3*1H;;;/q;;;2*+1;+2/p-3. The first-order valence-electron chi connectivity index (χ1n) is 0. The Kier molecular flexibility index (Phi) is 447. The van der Waals surface area contributed by atoms with E-state index < -0.39 is 0 Å². The molecule has 0 aliphatic rings. The van der Waals surface area contributed by atoms with Gasteiger partial charge in [0.05, 0.1) is 0 Å². The predicted octanol–water partition coefficient (Wildman–Crippen LogP) is -15.0. The quantitative estimate of drug-likeness (QED) is 0.385. The van der Waals surface area contributed by atoms with Crippen LogP contribution in [0.5, 0.6) is 0 Å². The van der Waals surface area contributed by atoms with Crippen LogP contribution >= 0.6 is 0 Å². The molecular formula is Br2ClLi2Zn+. The third kappa shape index (κ3) is 27.6. The normalized spacial score (nSPS) is 0. The second-order valence-electron chi connectivity index (χ2n) is 0. The van der Waals surface area contributed by atoms with E-state index in [9.17, 15) is 0 Å². The minimum atomic E-state index is 0. The number of rotatable bonds is 0. The third-order valence-corrected chi connectivity index (χ3v) is 0. The van der Waals surface area contributed by atoms with Crippen LogP contribution in [0.15, 0.2) is 0 Å². The first-order chi connectivity index (χ1) is 0. The van der Waals surface area contributed by atoms with Crippen LogP contribution in [0.4, 0.5) is 0 Å². The van der Waals surface area contributed by atoms with Gasteiger partial charge < -0.3 is 46.4 Å². The second-order valence-corrected chi connectivity index (χ2v) is 0. The molecule has 0 fully saturated rings. The van der Waals surface area contributed by atoms with E-state index in [0.29, 0.717) is 0 Å². The molecule has 0 heterocycles. The maximum absolute atomic E-state index is 0. The summed E-state index contributed by atoms with van der Waals surface area (Å²) in [5.74, 6) is 0.